The number of aliphatic hydroxyl groups is 1. The van der Waals surface area contributed by atoms with Gasteiger partial charge >= 0.3 is 0 Å². The van der Waals surface area contributed by atoms with Gasteiger partial charge in [-0.1, -0.05) is 12.1 Å². The van der Waals surface area contributed by atoms with Crippen molar-refractivity contribution in [2.75, 3.05) is 19.6 Å². The molecule has 2 fully saturated rings. The second-order valence-electron chi connectivity index (χ2n) is 7.04. The van der Waals surface area contributed by atoms with Crippen LogP contribution in [0.4, 0.5) is 0 Å². The summed E-state index contributed by atoms with van der Waals surface area (Å²) in [4.78, 5) is 9.86. The molecule has 3 atom stereocenters. The highest BCUT2D eigenvalue weighted by Crippen LogP contribution is 2.26. The van der Waals surface area contributed by atoms with Crippen LogP contribution in [-0.2, 0) is 13.1 Å². The van der Waals surface area contributed by atoms with Gasteiger partial charge in [-0.05, 0) is 32.4 Å². The quantitative estimate of drug-likeness (QED) is 0.936. The molecule has 124 valence electrons. The molecule has 3 heterocycles. The molecule has 0 aliphatic carbocycles. The van der Waals surface area contributed by atoms with Gasteiger partial charge < -0.3 is 9.67 Å². The molecular weight excluding hydrogens is 288 g/mol. The molecular formula is C18H26N4O. The highest BCUT2D eigenvalue weighted by Gasteiger charge is 2.38. The monoisotopic (exact) mass is 314 g/mol. The van der Waals surface area contributed by atoms with E-state index >= 15 is 0 Å². The van der Waals surface area contributed by atoms with Gasteiger partial charge in [-0.3, -0.25) is 9.80 Å². The van der Waals surface area contributed by atoms with Crippen LogP contribution in [-0.4, -0.2) is 62.3 Å². The molecule has 23 heavy (non-hydrogen) atoms. The fraction of sp³-hybridized carbons (Fsp3) is 0.611. The van der Waals surface area contributed by atoms with Crippen molar-refractivity contribution >= 4 is 11.0 Å². The maximum atomic E-state index is 9.92. The molecule has 0 spiro atoms. The number of para-hydroxylation sites is 2. The first-order chi connectivity index (χ1) is 11.2. The first kappa shape index (κ1) is 15.1. The Morgan fingerprint density at radius 3 is 2.87 bits per heavy atom. The van der Waals surface area contributed by atoms with Gasteiger partial charge in [0.2, 0.25) is 0 Å². The minimum absolute atomic E-state index is 0.146. The van der Waals surface area contributed by atoms with Gasteiger partial charge in [0.15, 0.2) is 0 Å². The molecule has 1 N–H and O–H groups in total. The summed E-state index contributed by atoms with van der Waals surface area (Å²) in [6.45, 7) is 9.25. The van der Waals surface area contributed by atoms with E-state index in [0.29, 0.717) is 12.1 Å². The first-order valence-electron chi connectivity index (χ1n) is 8.76. The van der Waals surface area contributed by atoms with E-state index in [1.165, 1.54) is 5.52 Å². The van der Waals surface area contributed by atoms with E-state index in [0.717, 1.165) is 50.5 Å². The lowest BCUT2D eigenvalue weighted by molar-refractivity contribution is 0.0505. The molecule has 0 saturated carbocycles. The number of aliphatic hydroxyl groups excluding tert-OH is 1. The molecule has 2 aromatic rings. The van der Waals surface area contributed by atoms with E-state index in [4.69, 9.17) is 4.98 Å². The number of aromatic nitrogens is 2. The second-order valence-corrected chi connectivity index (χ2v) is 7.04. The van der Waals surface area contributed by atoms with Gasteiger partial charge in [0, 0.05) is 38.3 Å². The van der Waals surface area contributed by atoms with Gasteiger partial charge in [-0.25, -0.2) is 4.98 Å². The van der Waals surface area contributed by atoms with E-state index in [2.05, 4.69) is 52.5 Å². The Morgan fingerprint density at radius 1 is 1.22 bits per heavy atom. The van der Waals surface area contributed by atoms with Crippen molar-refractivity contribution in [2.45, 2.75) is 51.5 Å². The van der Waals surface area contributed by atoms with Crippen molar-refractivity contribution < 1.29 is 5.11 Å². The fourth-order valence-corrected chi connectivity index (χ4v) is 4.28. The van der Waals surface area contributed by atoms with Crippen LogP contribution < -0.4 is 0 Å². The summed E-state index contributed by atoms with van der Waals surface area (Å²) in [7, 11) is 0. The lowest BCUT2D eigenvalue weighted by Gasteiger charge is -2.41. The summed E-state index contributed by atoms with van der Waals surface area (Å²) >= 11 is 0. The molecule has 4 rings (SSSR count). The van der Waals surface area contributed by atoms with E-state index in [1.54, 1.807) is 0 Å². The molecule has 2 aliphatic heterocycles. The third kappa shape index (κ3) is 2.67. The summed E-state index contributed by atoms with van der Waals surface area (Å²) in [5.74, 6) is 1.16. The van der Waals surface area contributed by atoms with Crippen LogP contribution in [0.1, 0.15) is 26.1 Å². The zero-order chi connectivity index (χ0) is 16.0. The summed E-state index contributed by atoms with van der Waals surface area (Å²) in [5, 5.41) is 9.92. The molecule has 0 amide bonds. The topological polar surface area (TPSA) is 44.5 Å². The summed E-state index contributed by atoms with van der Waals surface area (Å²) in [6.07, 6.45) is 0.764. The van der Waals surface area contributed by atoms with Crippen LogP contribution in [0.25, 0.3) is 11.0 Å². The van der Waals surface area contributed by atoms with Crippen molar-refractivity contribution in [1.82, 2.24) is 19.4 Å². The Kier molecular flexibility index (Phi) is 3.87. The van der Waals surface area contributed by atoms with Gasteiger partial charge in [0.05, 0.1) is 23.7 Å². The predicted octanol–water partition coefficient (Wildman–Crippen LogP) is 1.70. The molecule has 2 aliphatic rings. The van der Waals surface area contributed by atoms with Crippen LogP contribution in [0, 0.1) is 0 Å². The average molecular weight is 314 g/mol. The molecule has 2 saturated heterocycles. The Balaban J connectivity index is 1.58. The molecule has 0 bridgehead atoms. The average Bonchev–Trinajstić information content (AvgIpc) is 3.06. The summed E-state index contributed by atoms with van der Waals surface area (Å²) in [6, 6.07) is 9.40. The Morgan fingerprint density at radius 2 is 2.04 bits per heavy atom. The number of nitrogens with zero attached hydrogens (tertiary/aromatic N) is 4. The highest BCUT2D eigenvalue weighted by molar-refractivity contribution is 5.75. The smallest absolute Gasteiger partial charge is 0.124 e. The van der Waals surface area contributed by atoms with Crippen LogP contribution in [0.2, 0.25) is 0 Å². The van der Waals surface area contributed by atoms with Crippen LogP contribution >= 0.6 is 0 Å². The maximum Gasteiger partial charge on any atom is 0.124 e. The zero-order valence-electron chi connectivity index (χ0n) is 14.0. The largest absolute Gasteiger partial charge is 0.392 e. The summed E-state index contributed by atoms with van der Waals surface area (Å²) in [5.41, 5.74) is 2.32. The van der Waals surface area contributed by atoms with Crippen LogP contribution in [0.5, 0.6) is 0 Å². The molecule has 5 heteroatoms. The van der Waals surface area contributed by atoms with Crippen molar-refractivity contribution in [3.8, 4) is 0 Å². The van der Waals surface area contributed by atoms with Gasteiger partial charge in [-0.2, -0.15) is 0 Å². The highest BCUT2D eigenvalue weighted by atomic mass is 16.3. The van der Waals surface area contributed by atoms with Crippen molar-refractivity contribution in [1.29, 1.82) is 0 Å². The second kappa shape index (κ2) is 5.89. The first-order valence-corrected chi connectivity index (χ1v) is 8.76. The minimum Gasteiger partial charge on any atom is -0.392 e. The van der Waals surface area contributed by atoms with Crippen LogP contribution in [0.3, 0.4) is 0 Å². The molecule has 0 radical (unpaired) electrons. The molecule has 1 unspecified atom stereocenters. The van der Waals surface area contributed by atoms with E-state index in [1.807, 2.05) is 0 Å². The third-order valence-corrected chi connectivity index (χ3v) is 5.47. The number of benzene rings is 1. The van der Waals surface area contributed by atoms with Crippen molar-refractivity contribution in [2.24, 2.45) is 0 Å². The van der Waals surface area contributed by atoms with E-state index in [-0.39, 0.29) is 6.10 Å². The molecule has 1 aromatic heterocycles. The number of piperazine rings is 1. The standard InChI is InChI=1S/C18H26N4O/c1-3-22-17-7-5-4-6-16(17)19-18(22)12-20-10-14-8-15(23)11-21(14)9-13(20)2/h4-7,13-15,23H,3,8-12H2,1-2H3/t13-,14?,15+/m0/s1. The van der Waals surface area contributed by atoms with Gasteiger partial charge in [0.25, 0.3) is 0 Å². The Hall–Kier alpha value is -1.43. The fourth-order valence-electron chi connectivity index (χ4n) is 4.28. The predicted molar refractivity (Wildman–Crippen MR) is 91.3 cm³/mol. The van der Waals surface area contributed by atoms with Gasteiger partial charge in [-0.15, -0.1) is 0 Å². The van der Waals surface area contributed by atoms with E-state index < -0.39 is 0 Å². The summed E-state index contributed by atoms with van der Waals surface area (Å²) < 4.78 is 2.33. The molecule has 1 aromatic carbocycles. The maximum absolute atomic E-state index is 9.92. The van der Waals surface area contributed by atoms with Crippen molar-refractivity contribution in [3.63, 3.8) is 0 Å². The third-order valence-electron chi connectivity index (χ3n) is 5.47. The number of rotatable bonds is 3. The number of hydrogen-bond acceptors (Lipinski definition) is 4. The number of aryl methyl sites for hydroxylation is 1. The normalized spacial score (nSPS) is 29.3. The Bertz CT molecular complexity index is 697. The van der Waals surface area contributed by atoms with Gasteiger partial charge in [0.1, 0.15) is 5.82 Å². The number of fused-ring (bicyclic) bond motifs is 2. The number of hydrogen-bond donors (Lipinski definition) is 1. The minimum atomic E-state index is -0.146. The molecule has 5 nitrogen and oxygen atoms in total. The SMILES string of the molecule is CCn1c(CN2CC3C[C@@H](O)CN3C[C@@H]2C)nc2ccccc21. The Labute approximate surface area is 137 Å². The zero-order valence-corrected chi connectivity index (χ0v) is 14.0. The van der Waals surface area contributed by atoms with E-state index in [9.17, 15) is 5.11 Å². The lowest BCUT2D eigenvalue weighted by Crippen LogP contribution is -2.54. The lowest BCUT2D eigenvalue weighted by atomic mass is 10.1. The van der Waals surface area contributed by atoms with Crippen molar-refractivity contribution in [3.05, 3.63) is 30.1 Å². The van der Waals surface area contributed by atoms with Crippen LogP contribution in [0.15, 0.2) is 24.3 Å². The number of imidazole rings is 1.